The van der Waals surface area contributed by atoms with E-state index in [2.05, 4.69) is 5.32 Å². The van der Waals surface area contributed by atoms with Gasteiger partial charge in [0.2, 0.25) is 0 Å². The minimum absolute atomic E-state index is 0.0278. The van der Waals surface area contributed by atoms with E-state index >= 15 is 0 Å². The molecule has 1 heterocycles. The van der Waals surface area contributed by atoms with Crippen molar-refractivity contribution in [3.8, 4) is 0 Å². The van der Waals surface area contributed by atoms with E-state index in [1.54, 1.807) is 0 Å². The first kappa shape index (κ1) is 10.3. The predicted octanol–water partition coefficient (Wildman–Crippen LogP) is 2.58. The summed E-state index contributed by atoms with van der Waals surface area (Å²) in [5.74, 6) is 0.0278. The lowest BCUT2D eigenvalue weighted by Gasteiger charge is -2.20. The van der Waals surface area contributed by atoms with Crippen LogP contribution in [0.25, 0.3) is 0 Å². The minimum atomic E-state index is -0.159. The fraction of sp³-hybridized carbons (Fsp3) is 0.500. The Labute approximate surface area is 83.0 Å². The monoisotopic (exact) mass is 197 g/mol. The summed E-state index contributed by atoms with van der Waals surface area (Å²) >= 11 is 1.49. The number of nitrogens with one attached hydrogen (secondary N) is 1. The first-order valence-corrected chi connectivity index (χ1v) is 5.15. The fourth-order valence-corrected chi connectivity index (χ4v) is 1.82. The van der Waals surface area contributed by atoms with E-state index in [1.807, 2.05) is 39.1 Å². The summed E-state index contributed by atoms with van der Waals surface area (Å²) in [7, 11) is 0. The molecule has 72 valence electrons. The first-order valence-electron chi connectivity index (χ1n) is 4.27. The van der Waals surface area contributed by atoms with Crippen LogP contribution in [-0.2, 0) is 0 Å². The number of hydrogen-bond donors (Lipinski definition) is 1. The van der Waals surface area contributed by atoms with Crippen LogP contribution in [0.15, 0.2) is 11.4 Å². The summed E-state index contributed by atoms with van der Waals surface area (Å²) in [5.41, 5.74) is 0.889. The highest BCUT2D eigenvalue weighted by atomic mass is 32.1. The topological polar surface area (TPSA) is 29.1 Å². The molecule has 13 heavy (non-hydrogen) atoms. The number of aryl methyl sites for hydroxylation is 1. The van der Waals surface area contributed by atoms with Crippen molar-refractivity contribution in [3.05, 3.63) is 21.9 Å². The molecule has 0 spiro atoms. The van der Waals surface area contributed by atoms with E-state index < -0.39 is 0 Å². The van der Waals surface area contributed by atoms with E-state index in [-0.39, 0.29) is 11.4 Å². The van der Waals surface area contributed by atoms with Crippen LogP contribution in [0.5, 0.6) is 0 Å². The predicted molar refractivity (Wildman–Crippen MR) is 56.3 cm³/mol. The summed E-state index contributed by atoms with van der Waals surface area (Å²) in [6.07, 6.45) is 0. The zero-order valence-electron chi connectivity index (χ0n) is 8.47. The zero-order valence-corrected chi connectivity index (χ0v) is 9.29. The lowest BCUT2D eigenvalue weighted by atomic mass is 10.1. The van der Waals surface area contributed by atoms with Crippen LogP contribution in [0.4, 0.5) is 0 Å². The highest BCUT2D eigenvalue weighted by molar-refractivity contribution is 7.12. The van der Waals surface area contributed by atoms with Crippen molar-refractivity contribution < 1.29 is 4.79 Å². The average molecular weight is 197 g/mol. The van der Waals surface area contributed by atoms with Gasteiger partial charge in [0.25, 0.3) is 5.91 Å². The van der Waals surface area contributed by atoms with Gasteiger partial charge in [-0.3, -0.25) is 4.79 Å². The number of hydrogen-bond acceptors (Lipinski definition) is 2. The van der Waals surface area contributed by atoms with Gasteiger partial charge in [-0.25, -0.2) is 0 Å². The molecule has 0 aliphatic carbocycles. The molecule has 1 aromatic heterocycles. The number of amides is 1. The maximum atomic E-state index is 11.6. The lowest BCUT2D eigenvalue weighted by molar-refractivity contribution is 0.0923. The summed E-state index contributed by atoms with van der Waals surface area (Å²) in [6.45, 7) is 7.89. The quantitative estimate of drug-likeness (QED) is 0.736. The molecule has 1 rings (SSSR count). The Balaban J connectivity index is 2.76. The Hall–Kier alpha value is -0.830. The molecule has 1 N–H and O–H groups in total. The molecule has 0 aliphatic rings. The molecule has 0 fully saturated rings. The smallest absolute Gasteiger partial charge is 0.262 e. The van der Waals surface area contributed by atoms with Gasteiger partial charge in [-0.1, -0.05) is 0 Å². The normalized spacial score (nSPS) is 11.4. The third-order valence-corrected chi connectivity index (χ3v) is 2.57. The molecule has 1 aromatic rings. The summed E-state index contributed by atoms with van der Waals surface area (Å²) < 4.78 is 0. The largest absolute Gasteiger partial charge is 0.347 e. The molecule has 1 amide bonds. The number of carbonyl (C=O) groups excluding carboxylic acids is 1. The molecular formula is C10H15NOS. The van der Waals surface area contributed by atoms with Crippen molar-refractivity contribution in [1.82, 2.24) is 5.32 Å². The van der Waals surface area contributed by atoms with Gasteiger partial charge >= 0.3 is 0 Å². The number of carbonyl (C=O) groups is 1. The number of thiophene rings is 1. The van der Waals surface area contributed by atoms with Crippen molar-refractivity contribution in [2.75, 3.05) is 0 Å². The molecular weight excluding hydrogens is 182 g/mol. The average Bonchev–Trinajstić information content (AvgIpc) is 2.30. The highest BCUT2D eigenvalue weighted by Gasteiger charge is 2.17. The number of rotatable bonds is 1. The molecule has 3 heteroatoms. The molecule has 0 atom stereocenters. The SMILES string of the molecule is Cc1ccsc1C(=O)NC(C)(C)C. The Morgan fingerprint density at radius 1 is 1.46 bits per heavy atom. The summed E-state index contributed by atoms with van der Waals surface area (Å²) in [6, 6.07) is 1.96. The lowest BCUT2D eigenvalue weighted by Crippen LogP contribution is -2.40. The Morgan fingerprint density at radius 3 is 2.46 bits per heavy atom. The molecule has 0 saturated heterocycles. The molecule has 2 nitrogen and oxygen atoms in total. The van der Waals surface area contributed by atoms with E-state index in [4.69, 9.17) is 0 Å². The van der Waals surface area contributed by atoms with Crippen LogP contribution in [0.2, 0.25) is 0 Å². The maximum Gasteiger partial charge on any atom is 0.262 e. The highest BCUT2D eigenvalue weighted by Crippen LogP contribution is 2.16. The van der Waals surface area contributed by atoms with E-state index in [0.29, 0.717) is 0 Å². The van der Waals surface area contributed by atoms with Crippen LogP contribution in [0.3, 0.4) is 0 Å². The Kier molecular flexibility index (Phi) is 2.76. The summed E-state index contributed by atoms with van der Waals surface area (Å²) in [5, 5.41) is 4.87. The van der Waals surface area contributed by atoms with Gasteiger partial charge in [-0.15, -0.1) is 11.3 Å². The third-order valence-electron chi connectivity index (χ3n) is 1.56. The second-order valence-electron chi connectivity index (χ2n) is 4.14. The van der Waals surface area contributed by atoms with E-state index in [1.165, 1.54) is 11.3 Å². The minimum Gasteiger partial charge on any atom is -0.347 e. The van der Waals surface area contributed by atoms with E-state index in [0.717, 1.165) is 10.4 Å². The fourth-order valence-electron chi connectivity index (χ4n) is 1.00. The van der Waals surface area contributed by atoms with E-state index in [9.17, 15) is 4.79 Å². The second kappa shape index (κ2) is 3.50. The molecule has 0 unspecified atom stereocenters. The van der Waals surface area contributed by atoms with Crippen LogP contribution in [0.1, 0.15) is 36.0 Å². The standard InChI is InChI=1S/C10H15NOS/c1-7-5-6-13-8(7)9(12)11-10(2,3)4/h5-6H,1-4H3,(H,11,12). The van der Waals surface area contributed by atoms with Crippen molar-refractivity contribution >= 4 is 17.2 Å². The molecule has 0 aromatic carbocycles. The second-order valence-corrected chi connectivity index (χ2v) is 5.05. The third kappa shape index (κ3) is 2.84. The van der Waals surface area contributed by atoms with Crippen LogP contribution in [-0.4, -0.2) is 11.4 Å². The van der Waals surface area contributed by atoms with Crippen LogP contribution < -0.4 is 5.32 Å². The van der Waals surface area contributed by atoms with Gasteiger partial charge in [0.15, 0.2) is 0 Å². The summed E-state index contributed by atoms with van der Waals surface area (Å²) in [4.78, 5) is 12.5. The Bertz CT molecular complexity index is 309. The van der Waals surface area contributed by atoms with Gasteiger partial charge in [0.05, 0.1) is 4.88 Å². The van der Waals surface area contributed by atoms with Crippen molar-refractivity contribution in [2.45, 2.75) is 33.2 Å². The molecule has 0 saturated carbocycles. The van der Waals surface area contributed by atoms with Gasteiger partial charge in [-0.2, -0.15) is 0 Å². The van der Waals surface area contributed by atoms with Gasteiger partial charge in [-0.05, 0) is 44.7 Å². The van der Waals surface area contributed by atoms with Crippen LogP contribution >= 0.6 is 11.3 Å². The Morgan fingerprint density at radius 2 is 2.08 bits per heavy atom. The maximum absolute atomic E-state index is 11.6. The van der Waals surface area contributed by atoms with Crippen molar-refractivity contribution in [2.24, 2.45) is 0 Å². The molecule has 0 radical (unpaired) electrons. The van der Waals surface area contributed by atoms with Crippen molar-refractivity contribution in [1.29, 1.82) is 0 Å². The molecule has 0 aliphatic heterocycles. The molecule has 0 bridgehead atoms. The van der Waals surface area contributed by atoms with Crippen molar-refractivity contribution in [3.63, 3.8) is 0 Å². The van der Waals surface area contributed by atoms with Gasteiger partial charge in [0, 0.05) is 5.54 Å². The zero-order chi connectivity index (χ0) is 10.1. The van der Waals surface area contributed by atoms with Gasteiger partial charge in [0.1, 0.15) is 0 Å². The van der Waals surface area contributed by atoms with Gasteiger partial charge < -0.3 is 5.32 Å². The first-order chi connectivity index (χ1) is 5.90. The van der Waals surface area contributed by atoms with Crippen LogP contribution in [0, 0.1) is 6.92 Å².